The van der Waals surface area contributed by atoms with E-state index in [-0.39, 0.29) is 17.7 Å². The van der Waals surface area contributed by atoms with E-state index >= 15 is 0 Å². The van der Waals surface area contributed by atoms with Gasteiger partial charge in [-0.2, -0.15) is 10.5 Å². The molecule has 5 heteroatoms. The molecule has 0 radical (unpaired) electrons. The highest BCUT2D eigenvalue weighted by atomic mass is 19.1. The van der Waals surface area contributed by atoms with E-state index in [1.165, 1.54) is 30.3 Å². The van der Waals surface area contributed by atoms with Crippen molar-refractivity contribution in [3.05, 3.63) is 64.7 Å². The van der Waals surface area contributed by atoms with Crippen molar-refractivity contribution in [1.29, 1.82) is 10.5 Å². The largest absolute Gasteiger partial charge is 0.380 e. The van der Waals surface area contributed by atoms with Crippen LogP contribution in [-0.2, 0) is 6.54 Å². The Bertz CT molecular complexity index is 727. The van der Waals surface area contributed by atoms with E-state index in [1.54, 1.807) is 18.2 Å². The Kier molecular flexibility index (Phi) is 3.93. The average Bonchev–Trinajstić information content (AvgIpc) is 2.46. The first-order valence-corrected chi connectivity index (χ1v) is 5.76. The first-order valence-electron chi connectivity index (χ1n) is 5.76. The Morgan fingerprint density at radius 2 is 1.80 bits per heavy atom. The van der Waals surface area contributed by atoms with Crippen LogP contribution in [0.4, 0.5) is 14.5 Å². The third kappa shape index (κ3) is 2.73. The Hall–Kier alpha value is -2.92. The van der Waals surface area contributed by atoms with Gasteiger partial charge < -0.3 is 5.32 Å². The van der Waals surface area contributed by atoms with E-state index in [2.05, 4.69) is 5.32 Å². The first-order chi connectivity index (χ1) is 9.65. The molecule has 1 N–H and O–H groups in total. The molecule has 0 saturated carbocycles. The molecule has 3 nitrogen and oxygen atoms in total. The lowest BCUT2D eigenvalue weighted by Gasteiger charge is -2.09. The number of hydrogen-bond donors (Lipinski definition) is 1. The van der Waals surface area contributed by atoms with Gasteiger partial charge in [0.1, 0.15) is 29.3 Å². The molecule has 0 saturated heterocycles. The van der Waals surface area contributed by atoms with Crippen LogP contribution in [0.5, 0.6) is 0 Å². The number of nitrogens with zero attached hydrogens (tertiary/aromatic N) is 2. The molecule has 0 bridgehead atoms. The Morgan fingerprint density at radius 1 is 1.00 bits per heavy atom. The highest BCUT2D eigenvalue weighted by Crippen LogP contribution is 2.19. The van der Waals surface area contributed by atoms with Crippen LogP contribution in [0, 0.1) is 34.3 Å². The lowest BCUT2D eigenvalue weighted by atomic mass is 10.1. The minimum atomic E-state index is -0.602. The van der Waals surface area contributed by atoms with Crippen LogP contribution in [0.25, 0.3) is 0 Å². The third-order valence-corrected chi connectivity index (χ3v) is 2.76. The Balaban J connectivity index is 2.20. The number of halogens is 2. The van der Waals surface area contributed by atoms with E-state index in [0.717, 1.165) is 0 Å². The second kappa shape index (κ2) is 5.81. The monoisotopic (exact) mass is 269 g/mol. The van der Waals surface area contributed by atoms with E-state index in [0.29, 0.717) is 11.3 Å². The SMILES string of the molecule is N#Cc1cc(CNc2cccc(F)c2C#N)ccc1F. The molecule has 0 aliphatic rings. The summed E-state index contributed by atoms with van der Waals surface area (Å²) in [6.07, 6.45) is 0. The second-order valence-corrected chi connectivity index (χ2v) is 4.05. The molecular weight excluding hydrogens is 260 g/mol. The van der Waals surface area contributed by atoms with Gasteiger partial charge in [0.25, 0.3) is 0 Å². The molecule has 0 unspecified atom stereocenters. The van der Waals surface area contributed by atoms with E-state index in [4.69, 9.17) is 10.5 Å². The van der Waals surface area contributed by atoms with Gasteiger partial charge in [0.2, 0.25) is 0 Å². The van der Waals surface area contributed by atoms with Crippen LogP contribution in [-0.4, -0.2) is 0 Å². The lowest BCUT2D eigenvalue weighted by Crippen LogP contribution is -2.03. The standard InChI is InChI=1S/C15H9F2N3/c16-13-5-4-10(6-11(13)7-18)9-20-15-3-1-2-14(17)12(15)8-19/h1-6,20H,9H2. The fourth-order valence-corrected chi connectivity index (χ4v) is 1.75. The van der Waals surface area contributed by atoms with E-state index < -0.39 is 11.6 Å². The smallest absolute Gasteiger partial charge is 0.143 e. The normalized spacial score (nSPS) is 9.60. The van der Waals surface area contributed by atoms with Crippen LogP contribution in [0.1, 0.15) is 16.7 Å². The molecule has 0 amide bonds. The molecule has 20 heavy (non-hydrogen) atoms. The fraction of sp³-hybridized carbons (Fsp3) is 0.0667. The zero-order valence-corrected chi connectivity index (χ0v) is 10.3. The highest BCUT2D eigenvalue weighted by molar-refractivity contribution is 5.58. The minimum absolute atomic E-state index is 0.0518. The van der Waals surface area contributed by atoms with Crippen LogP contribution in [0.2, 0.25) is 0 Å². The molecule has 2 rings (SSSR count). The summed E-state index contributed by atoms with van der Waals surface area (Å²) in [5, 5.41) is 20.5. The fourth-order valence-electron chi connectivity index (χ4n) is 1.75. The summed E-state index contributed by atoms with van der Waals surface area (Å²) in [6.45, 7) is 0.257. The number of anilines is 1. The maximum Gasteiger partial charge on any atom is 0.143 e. The Labute approximate surface area is 114 Å². The van der Waals surface area contributed by atoms with Crippen molar-refractivity contribution in [2.45, 2.75) is 6.54 Å². The number of benzene rings is 2. The number of hydrogen-bond acceptors (Lipinski definition) is 3. The molecule has 0 spiro atoms. The van der Waals surface area contributed by atoms with Crippen molar-refractivity contribution in [3.63, 3.8) is 0 Å². The van der Waals surface area contributed by atoms with Crippen molar-refractivity contribution in [2.24, 2.45) is 0 Å². The highest BCUT2D eigenvalue weighted by Gasteiger charge is 2.08. The third-order valence-electron chi connectivity index (χ3n) is 2.76. The second-order valence-electron chi connectivity index (χ2n) is 4.05. The summed E-state index contributed by atoms with van der Waals surface area (Å²) in [5.41, 5.74) is 0.894. The Morgan fingerprint density at radius 3 is 2.50 bits per heavy atom. The quantitative estimate of drug-likeness (QED) is 0.929. The molecule has 0 aromatic heterocycles. The van der Waals surface area contributed by atoms with Crippen LogP contribution in [0.15, 0.2) is 36.4 Å². The van der Waals surface area contributed by atoms with Gasteiger partial charge in [0, 0.05) is 6.54 Å². The van der Waals surface area contributed by atoms with E-state index in [9.17, 15) is 8.78 Å². The molecule has 0 atom stereocenters. The number of nitrogens with one attached hydrogen (secondary N) is 1. The summed E-state index contributed by atoms with van der Waals surface area (Å²) >= 11 is 0. The maximum atomic E-state index is 13.4. The zero-order valence-electron chi connectivity index (χ0n) is 10.3. The van der Waals surface area contributed by atoms with Crippen LogP contribution in [0.3, 0.4) is 0 Å². The van der Waals surface area contributed by atoms with Crippen molar-refractivity contribution < 1.29 is 8.78 Å². The minimum Gasteiger partial charge on any atom is -0.380 e. The zero-order chi connectivity index (χ0) is 14.5. The average molecular weight is 269 g/mol. The van der Waals surface area contributed by atoms with Crippen LogP contribution < -0.4 is 5.32 Å². The number of rotatable bonds is 3. The summed E-state index contributed by atoms with van der Waals surface area (Å²) in [5.74, 6) is -1.19. The summed E-state index contributed by atoms with van der Waals surface area (Å²) in [6, 6.07) is 11.9. The molecular formula is C15H9F2N3. The van der Waals surface area contributed by atoms with Gasteiger partial charge in [-0.05, 0) is 29.8 Å². The van der Waals surface area contributed by atoms with Crippen molar-refractivity contribution in [1.82, 2.24) is 0 Å². The molecule has 0 fully saturated rings. The maximum absolute atomic E-state index is 13.4. The molecule has 0 aliphatic carbocycles. The van der Waals surface area contributed by atoms with Gasteiger partial charge in [0.15, 0.2) is 0 Å². The van der Waals surface area contributed by atoms with Gasteiger partial charge in [-0.25, -0.2) is 8.78 Å². The van der Waals surface area contributed by atoms with E-state index in [1.807, 2.05) is 0 Å². The number of nitriles is 2. The van der Waals surface area contributed by atoms with Crippen molar-refractivity contribution >= 4 is 5.69 Å². The first kappa shape index (κ1) is 13.5. The van der Waals surface area contributed by atoms with Gasteiger partial charge in [0.05, 0.1) is 11.3 Å². The summed E-state index contributed by atoms with van der Waals surface area (Å²) in [7, 11) is 0. The molecule has 2 aromatic carbocycles. The van der Waals surface area contributed by atoms with Gasteiger partial charge in [-0.15, -0.1) is 0 Å². The predicted molar refractivity (Wildman–Crippen MR) is 69.6 cm³/mol. The van der Waals surface area contributed by atoms with Gasteiger partial charge in [-0.1, -0.05) is 12.1 Å². The molecule has 0 heterocycles. The topological polar surface area (TPSA) is 59.6 Å². The van der Waals surface area contributed by atoms with Crippen molar-refractivity contribution in [3.8, 4) is 12.1 Å². The van der Waals surface area contributed by atoms with Crippen LogP contribution >= 0.6 is 0 Å². The lowest BCUT2D eigenvalue weighted by molar-refractivity contribution is 0.623. The summed E-state index contributed by atoms with van der Waals surface area (Å²) in [4.78, 5) is 0. The molecule has 0 aliphatic heterocycles. The molecule has 98 valence electrons. The predicted octanol–water partition coefficient (Wildman–Crippen LogP) is 3.32. The van der Waals surface area contributed by atoms with Gasteiger partial charge in [-0.3, -0.25) is 0 Å². The molecule has 2 aromatic rings. The van der Waals surface area contributed by atoms with Crippen molar-refractivity contribution in [2.75, 3.05) is 5.32 Å². The summed E-state index contributed by atoms with van der Waals surface area (Å²) < 4.78 is 26.6. The van der Waals surface area contributed by atoms with Gasteiger partial charge >= 0.3 is 0 Å².